The highest BCUT2D eigenvalue weighted by Crippen LogP contribution is 2.28. The van der Waals surface area contributed by atoms with E-state index in [1.807, 2.05) is 30.3 Å². The lowest BCUT2D eigenvalue weighted by Gasteiger charge is -2.46. The minimum atomic E-state index is -0.709. The number of carboxylic acids is 1. The van der Waals surface area contributed by atoms with Crippen molar-refractivity contribution in [3.63, 3.8) is 0 Å². The minimum absolute atomic E-state index is 0.0101. The highest BCUT2D eigenvalue weighted by molar-refractivity contribution is 5.81. The molecule has 4 atom stereocenters. The Morgan fingerprint density at radius 1 is 1.03 bits per heavy atom. The van der Waals surface area contributed by atoms with Gasteiger partial charge in [0.25, 0.3) is 0 Å². The van der Waals surface area contributed by atoms with Crippen LogP contribution in [0, 0.1) is 11.8 Å². The van der Waals surface area contributed by atoms with Gasteiger partial charge in [0, 0.05) is 43.5 Å². The lowest BCUT2D eigenvalue weighted by atomic mass is 9.89. The fourth-order valence-electron chi connectivity index (χ4n) is 5.29. The molecule has 2 aromatic rings. The maximum atomic E-state index is 12.7. The average Bonchev–Trinajstić information content (AvgIpc) is 2.85. The van der Waals surface area contributed by atoms with Crippen LogP contribution in [0.1, 0.15) is 31.0 Å². The molecule has 0 radical (unpaired) electrons. The van der Waals surface area contributed by atoms with E-state index in [0.717, 1.165) is 42.9 Å². The Bertz CT molecular complexity index is 993. The first kappa shape index (κ1) is 22.6. The van der Waals surface area contributed by atoms with Crippen LogP contribution in [0.2, 0.25) is 0 Å². The number of anilines is 2. The number of benzene rings is 2. The molecule has 6 N–H and O–H groups in total. The van der Waals surface area contributed by atoms with Crippen molar-refractivity contribution in [3.05, 3.63) is 60.2 Å². The van der Waals surface area contributed by atoms with Crippen LogP contribution < -0.4 is 31.7 Å². The summed E-state index contributed by atoms with van der Waals surface area (Å²) in [5.41, 5.74) is 8.97. The number of amides is 1. The molecule has 3 aliphatic heterocycles. The van der Waals surface area contributed by atoms with E-state index in [9.17, 15) is 9.59 Å². The molecule has 5 rings (SSSR count). The molecule has 34 heavy (non-hydrogen) atoms. The molecule has 9 heteroatoms. The Kier molecular flexibility index (Phi) is 6.66. The van der Waals surface area contributed by atoms with Crippen molar-refractivity contribution < 1.29 is 14.7 Å². The summed E-state index contributed by atoms with van der Waals surface area (Å²) in [6, 6.07) is 18.5. The molecule has 0 saturated carbocycles. The van der Waals surface area contributed by atoms with Crippen LogP contribution in [0.15, 0.2) is 54.6 Å². The van der Waals surface area contributed by atoms with Gasteiger partial charge in [0.05, 0.1) is 18.2 Å². The molecule has 3 saturated heterocycles. The van der Waals surface area contributed by atoms with E-state index in [4.69, 9.17) is 5.11 Å². The van der Waals surface area contributed by atoms with E-state index in [0.29, 0.717) is 6.54 Å². The number of hydrogen-bond acceptors (Lipinski definition) is 7. The third kappa shape index (κ3) is 5.01. The zero-order valence-electron chi connectivity index (χ0n) is 19.0. The Morgan fingerprint density at radius 2 is 1.76 bits per heavy atom. The zero-order chi connectivity index (χ0) is 23.5. The standard InChI is InChI=1S/C25H32N6O3/c32-21(33)14-16-10-12-31(13-11-16)19-8-6-18(7-9-19)27-24-22-20(15-26-30-25(22)34)28-23(29-24)17-4-2-1-3-5-17/h1-9,16,20,22-24,26-29H,10-15H2,(H,30,34)(H,32,33). The van der Waals surface area contributed by atoms with Gasteiger partial charge < -0.3 is 15.3 Å². The van der Waals surface area contributed by atoms with Crippen molar-refractivity contribution >= 4 is 23.3 Å². The summed E-state index contributed by atoms with van der Waals surface area (Å²) < 4.78 is 0. The second kappa shape index (κ2) is 10.0. The minimum Gasteiger partial charge on any atom is -0.481 e. The molecule has 4 unspecified atom stereocenters. The maximum absolute atomic E-state index is 12.7. The first-order valence-electron chi connectivity index (χ1n) is 12.0. The fraction of sp³-hybridized carbons (Fsp3) is 0.440. The molecule has 0 bridgehead atoms. The van der Waals surface area contributed by atoms with E-state index in [1.54, 1.807) is 0 Å². The van der Waals surface area contributed by atoms with Gasteiger partial charge in [-0.3, -0.25) is 25.6 Å². The Morgan fingerprint density at radius 3 is 2.47 bits per heavy atom. The van der Waals surface area contributed by atoms with Crippen LogP contribution in [-0.4, -0.2) is 48.8 Å². The highest BCUT2D eigenvalue weighted by atomic mass is 16.4. The van der Waals surface area contributed by atoms with Gasteiger partial charge in [0.1, 0.15) is 0 Å². The maximum Gasteiger partial charge on any atom is 0.303 e. The quantitative estimate of drug-likeness (QED) is 0.382. The van der Waals surface area contributed by atoms with Crippen molar-refractivity contribution in [2.75, 3.05) is 29.9 Å². The van der Waals surface area contributed by atoms with Crippen molar-refractivity contribution in [1.82, 2.24) is 21.5 Å². The topological polar surface area (TPSA) is 118 Å². The third-order valence-electron chi connectivity index (χ3n) is 7.12. The molecule has 2 aromatic carbocycles. The number of hydrogen-bond donors (Lipinski definition) is 6. The van der Waals surface area contributed by atoms with Crippen LogP contribution in [0.5, 0.6) is 0 Å². The summed E-state index contributed by atoms with van der Waals surface area (Å²) in [5.74, 6) is -0.753. The molecular weight excluding hydrogens is 432 g/mol. The van der Waals surface area contributed by atoms with Crippen molar-refractivity contribution in [2.45, 2.75) is 37.6 Å². The number of carbonyl (C=O) groups excluding carboxylic acids is 1. The van der Waals surface area contributed by atoms with Crippen LogP contribution >= 0.6 is 0 Å². The van der Waals surface area contributed by atoms with Gasteiger partial charge in [0.2, 0.25) is 5.91 Å². The number of rotatable bonds is 6. The molecule has 180 valence electrons. The van der Waals surface area contributed by atoms with E-state index >= 15 is 0 Å². The van der Waals surface area contributed by atoms with Crippen LogP contribution in [0.3, 0.4) is 0 Å². The molecule has 9 nitrogen and oxygen atoms in total. The first-order chi connectivity index (χ1) is 16.6. The monoisotopic (exact) mass is 464 g/mol. The fourth-order valence-corrected chi connectivity index (χ4v) is 5.29. The van der Waals surface area contributed by atoms with Crippen LogP contribution in [0.4, 0.5) is 11.4 Å². The van der Waals surface area contributed by atoms with Gasteiger partial charge in [-0.2, -0.15) is 0 Å². The predicted octanol–water partition coefficient (Wildman–Crippen LogP) is 1.63. The number of nitrogens with zero attached hydrogens (tertiary/aromatic N) is 1. The summed E-state index contributed by atoms with van der Waals surface area (Å²) in [5, 5.41) is 19.7. The molecule has 0 aliphatic carbocycles. The number of carbonyl (C=O) groups is 2. The summed E-state index contributed by atoms with van der Waals surface area (Å²) in [6.45, 7) is 2.39. The molecule has 3 heterocycles. The van der Waals surface area contributed by atoms with Crippen molar-refractivity contribution in [1.29, 1.82) is 0 Å². The summed E-state index contributed by atoms with van der Waals surface area (Å²) >= 11 is 0. The molecular formula is C25H32N6O3. The largest absolute Gasteiger partial charge is 0.481 e. The van der Waals surface area contributed by atoms with E-state index in [2.05, 4.69) is 56.0 Å². The molecule has 0 spiro atoms. The number of carboxylic acid groups (broad SMARTS) is 1. The second-order valence-corrected chi connectivity index (χ2v) is 9.38. The van der Waals surface area contributed by atoms with Crippen molar-refractivity contribution in [2.24, 2.45) is 11.8 Å². The van der Waals surface area contributed by atoms with Gasteiger partial charge in [-0.15, -0.1) is 0 Å². The van der Waals surface area contributed by atoms with Gasteiger partial charge in [0.15, 0.2) is 0 Å². The summed E-state index contributed by atoms with van der Waals surface area (Å²) in [4.78, 5) is 26.0. The first-order valence-corrected chi connectivity index (χ1v) is 12.0. The Labute approximate surface area is 199 Å². The van der Waals surface area contributed by atoms with Crippen LogP contribution in [0.25, 0.3) is 0 Å². The normalized spacial score (nSPS) is 27.5. The van der Waals surface area contributed by atoms with Gasteiger partial charge in [-0.05, 0) is 48.6 Å². The third-order valence-corrected chi connectivity index (χ3v) is 7.12. The van der Waals surface area contributed by atoms with Crippen LogP contribution in [-0.2, 0) is 9.59 Å². The van der Waals surface area contributed by atoms with E-state index < -0.39 is 5.97 Å². The van der Waals surface area contributed by atoms with Crippen molar-refractivity contribution in [3.8, 4) is 0 Å². The lowest BCUT2D eigenvalue weighted by Crippen LogP contribution is -2.71. The number of aliphatic carboxylic acids is 1. The highest BCUT2D eigenvalue weighted by Gasteiger charge is 2.43. The number of nitrogens with one attached hydrogen (secondary N) is 5. The van der Waals surface area contributed by atoms with Gasteiger partial charge in [-0.25, -0.2) is 5.43 Å². The van der Waals surface area contributed by atoms with E-state index in [1.165, 1.54) is 0 Å². The second-order valence-electron chi connectivity index (χ2n) is 9.38. The molecule has 0 aromatic heterocycles. The molecule has 1 amide bonds. The lowest BCUT2D eigenvalue weighted by molar-refractivity contribution is -0.138. The number of fused-ring (bicyclic) bond motifs is 1. The molecule has 3 aliphatic rings. The SMILES string of the molecule is O=C(O)CC1CCN(c2ccc(NC3NC(c4ccccc4)NC4CNNC(=O)C43)cc2)CC1. The van der Waals surface area contributed by atoms with Gasteiger partial charge >= 0.3 is 5.97 Å². The molecule has 3 fully saturated rings. The predicted molar refractivity (Wildman–Crippen MR) is 130 cm³/mol. The smallest absolute Gasteiger partial charge is 0.303 e. The average molecular weight is 465 g/mol. The number of piperidine rings is 1. The summed E-state index contributed by atoms with van der Waals surface area (Å²) in [6.07, 6.45) is 1.75. The number of hydrazine groups is 1. The van der Waals surface area contributed by atoms with Gasteiger partial charge in [-0.1, -0.05) is 30.3 Å². The summed E-state index contributed by atoms with van der Waals surface area (Å²) in [7, 11) is 0. The Hall–Kier alpha value is -3.14. The Balaban J connectivity index is 1.26. The van der Waals surface area contributed by atoms with E-state index in [-0.39, 0.29) is 42.5 Å². The zero-order valence-corrected chi connectivity index (χ0v) is 19.0.